The minimum absolute atomic E-state index is 0.524. The lowest BCUT2D eigenvalue weighted by Gasteiger charge is -2.13. The molecule has 0 bridgehead atoms. The van der Waals surface area contributed by atoms with E-state index in [4.69, 9.17) is 11.6 Å². The second kappa shape index (κ2) is 6.23. The normalized spacial score (nSPS) is 10.7. The fourth-order valence-corrected chi connectivity index (χ4v) is 2.18. The first-order chi connectivity index (χ1) is 9.51. The SMILES string of the molecule is CCCc1nc(Cl)c(C)c(Nc2cc(C)ccc2C)n1. The van der Waals surface area contributed by atoms with Gasteiger partial charge in [-0.15, -0.1) is 0 Å². The predicted molar refractivity (Wildman–Crippen MR) is 85.0 cm³/mol. The molecule has 4 heteroatoms. The first-order valence-electron chi connectivity index (χ1n) is 6.88. The Labute approximate surface area is 125 Å². The highest BCUT2D eigenvalue weighted by Crippen LogP contribution is 2.26. The lowest BCUT2D eigenvalue weighted by atomic mass is 10.1. The van der Waals surface area contributed by atoms with Gasteiger partial charge in [-0.05, 0) is 44.4 Å². The molecule has 2 aromatic rings. The van der Waals surface area contributed by atoms with E-state index < -0.39 is 0 Å². The number of hydrogen-bond donors (Lipinski definition) is 1. The first-order valence-corrected chi connectivity index (χ1v) is 7.26. The van der Waals surface area contributed by atoms with Crippen LogP contribution < -0.4 is 5.32 Å². The van der Waals surface area contributed by atoms with E-state index in [2.05, 4.69) is 54.3 Å². The van der Waals surface area contributed by atoms with E-state index in [1.807, 2.05) is 6.92 Å². The molecule has 0 fully saturated rings. The highest BCUT2D eigenvalue weighted by molar-refractivity contribution is 6.30. The van der Waals surface area contributed by atoms with Gasteiger partial charge in [0.25, 0.3) is 0 Å². The van der Waals surface area contributed by atoms with E-state index in [1.54, 1.807) is 0 Å². The lowest BCUT2D eigenvalue weighted by Crippen LogP contribution is -2.04. The molecule has 1 N–H and O–H groups in total. The number of hydrogen-bond acceptors (Lipinski definition) is 3. The van der Waals surface area contributed by atoms with Crippen molar-refractivity contribution in [3.63, 3.8) is 0 Å². The highest BCUT2D eigenvalue weighted by atomic mass is 35.5. The van der Waals surface area contributed by atoms with Gasteiger partial charge in [0.05, 0.1) is 0 Å². The Kier molecular flexibility index (Phi) is 4.61. The summed E-state index contributed by atoms with van der Waals surface area (Å²) in [5.74, 6) is 1.58. The number of rotatable bonds is 4. The molecule has 0 unspecified atom stereocenters. The number of halogens is 1. The van der Waals surface area contributed by atoms with Gasteiger partial charge in [0.2, 0.25) is 0 Å². The van der Waals surface area contributed by atoms with Crippen molar-refractivity contribution >= 4 is 23.1 Å². The van der Waals surface area contributed by atoms with Crippen LogP contribution in [0.1, 0.15) is 35.9 Å². The Morgan fingerprint density at radius 1 is 1.15 bits per heavy atom. The van der Waals surface area contributed by atoms with E-state index in [0.29, 0.717) is 5.15 Å². The molecule has 1 heterocycles. The Balaban J connectivity index is 2.39. The Morgan fingerprint density at radius 3 is 2.60 bits per heavy atom. The molecule has 1 aromatic carbocycles. The van der Waals surface area contributed by atoms with Gasteiger partial charge < -0.3 is 5.32 Å². The fraction of sp³-hybridized carbons (Fsp3) is 0.375. The number of nitrogens with zero attached hydrogens (tertiary/aromatic N) is 2. The zero-order valence-electron chi connectivity index (χ0n) is 12.4. The molecule has 2 rings (SSSR count). The summed E-state index contributed by atoms with van der Waals surface area (Å²) in [5.41, 5.74) is 4.34. The van der Waals surface area contributed by atoms with Crippen LogP contribution in [0.2, 0.25) is 5.15 Å². The topological polar surface area (TPSA) is 37.8 Å². The number of aryl methyl sites for hydroxylation is 3. The van der Waals surface area contributed by atoms with Gasteiger partial charge in [-0.25, -0.2) is 9.97 Å². The fourth-order valence-electron chi connectivity index (χ4n) is 1.99. The third kappa shape index (κ3) is 3.28. The van der Waals surface area contributed by atoms with Crippen LogP contribution in [0.5, 0.6) is 0 Å². The molecular weight excluding hydrogens is 270 g/mol. The highest BCUT2D eigenvalue weighted by Gasteiger charge is 2.10. The van der Waals surface area contributed by atoms with Crippen LogP contribution >= 0.6 is 11.6 Å². The van der Waals surface area contributed by atoms with Gasteiger partial charge in [0, 0.05) is 17.7 Å². The molecule has 3 nitrogen and oxygen atoms in total. The molecule has 0 spiro atoms. The molecule has 0 aliphatic heterocycles. The standard InChI is InChI=1S/C16H20ClN3/c1-5-6-14-19-15(17)12(4)16(20-14)18-13-9-10(2)7-8-11(13)3/h7-9H,5-6H2,1-4H3,(H,18,19,20). The van der Waals surface area contributed by atoms with E-state index in [-0.39, 0.29) is 0 Å². The molecule has 0 amide bonds. The Morgan fingerprint density at radius 2 is 1.90 bits per heavy atom. The second-order valence-electron chi connectivity index (χ2n) is 5.10. The van der Waals surface area contributed by atoms with E-state index in [9.17, 15) is 0 Å². The minimum Gasteiger partial charge on any atom is -0.340 e. The summed E-state index contributed by atoms with van der Waals surface area (Å²) in [6.45, 7) is 8.19. The number of aromatic nitrogens is 2. The monoisotopic (exact) mass is 289 g/mol. The molecule has 106 valence electrons. The average Bonchev–Trinajstić information content (AvgIpc) is 2.40. The summed E-state index contributed by atoms with van der Waals surface area (Å²) in [7, 11) is 0. The van der Waals surface area contributed by atoms with Gasteiger partial charge in [-0.1, -0.05) is 30.7 Å². The van der Waals surface area contributed by atoms with Crippen LogP contribution in [0.25, 0.3) is 0 Å². The van der Waals surface area contributed by atoms with E-state index >= 15 is 0 Å². The Hall–Kier alpha value is -1.61. The van der Waals surface area contributed by atoms with Crippen LogP contribution in [-0.4, -0.2) is 9.97 Å². The largest absolute Gasteiger partial charge is 0.340 e. The molecule has 0 aliphatic carbocycles. The van der Waals surface area contributed by atoms with Gasteiger partial charge in [-0.3, -0.25) is 0 Å². The van der Waals surface area contributed by atoms with Gasteiger partial charge in [0.15, 0.2) is 0 Å². The van der Waals surface area contributed by atoms with Crippen LogP contribution in [0.3, 0.4) is 0 Å². The van der Waals surface area contributed by atoms with Gasteiger partial charge in [-0.2, -0.15) is 0 Å². The van der Waals surface area contributed by atoms with Crippen molar-refractivity contribution < 1.29 is 0 Å². The van der Waals surface area contributed by atoms with Crippen molar-refractivity contribution in [2.75, 3.05) is 5.32 Å². The zero-order valence-corrected chi connectivity index (χ0v) is 13.2. The maximum absolute atomic E-state index is 6.20. The molecule has 0 atom stereocenters. The van der Waals surface area contributed by atoms with E-state index in [0.717, 1.165) is 35.7 Å². The van der Waals surface area contributed by atoms with E-state index in [1.165, 1.54) is 11.1 Å². The maximum Gasteiger partial charge on any atom is 0.138 e. The lowest BCUT2D eigenvalue weighted by molar-refractivity contribution is 0.833. The summed E-state index contributed by atoms with van der Waals surface area (Å²) in [6, 6.07) is 6.32. The number of nitrogens with one attached hydrogen (secondary N) is 1. The van der Waals surface area contributed by atoms with Crippen molar-refractivity contribution in [1.82, 2.24) is 9.97 Å². The maximum atomic E-state index is 6.20. The molecule has 0 saturated heterocycles. The third-order valence-electron chi connectivity index (χ3n) is 3.25. The van der Waals surface area contributed by atoms with Crippen LogP contribution in [0, 0.1) is 20.8 Å². The van der Waals surface area contributed by atoms with Crippen molar-refractivity contribution in [1.29, 1.82) is 0 Å². The summed E-state index contributed by atoms with van der Waals surface area (Å²) < 4.78 is 0. The minimum atomic E-state index is 0.524. The van der Waals surface area contributed by atoms with Gasteiger partial charge in [0.1, 0.15) is 16.8 Å². The van der Waals surface area contributed by atoms with Crippen LogP contribution in [-0.2, 0) is 6.42 Å². The van der Waals surface area contributed by atoms with Crippen molar-refractivity contribution in [3.05, 3.63) is 45.9 Å². The summed E-state index contributed by atoms with van der Waals surface area (Å²) in [6.07, 6.45) is 1.84. The molecule has 0 saturated carbocycles. The Bertz CT molecular complexity index is 623. The molecule has 0 radical (unpaired) electrons. The quantitative estimate of drug-likeness (QED) is 0.825. The van der Waals surface area contributed by atoms with Crippen molar-refractivity contribution in [2.24, 2.45) is 0 Å². The number of anilines is 2. The smallest absolute Gasteiger partial charge is 0.138 e. The predicted octanol–water partition coefficient (Wildman–Crippen LogP) is 4.75. The van der Waals surface area contributed by atoms with Crippen molar-refractivity contribution in [3.8, 4) is 0 Å². The summed E-state index contributed by atoms with van der Waals surface area (Å²) in [5, 5.41) is 3.91. The van der Waals surface area contributed by atoms with Crippen LogP contribution in [0.4, 0.5) is 11.5 Å². The molecule has 0 aliphatic rings. The molecule has 1 aromatic heterocycles. The average molecular weight is 290 g/mol. The number of benzene rings is 1. The molecular formula is C16H20ClN3. The zero-order chi connectivity index (χ0) is 14.7. The second-order valence-corrected chi connectivity index (χ2v) is 5.46. The molecule has 20 heavy (non-hydrogen) atoms. The van der Waals surface area contributed by atoms with Crippen LogP contribution in [0.15, 0.2) is 18.2 Å². The third-order valence-corrected chi connectivity index (χ3v) is 3.62. The first kappa shape index (κ1) is 14.8. The van der Waals surface area contributed by atoms with Crippen molar-refractivity contribution in [2.45, 2.75) is 40.5 Å². The van der Waals surface area contributed by atoms with Gasteiger partial charge >= 0.3 is 0 Å². The summed E-state index contributed by atoms with van der Waals surface area (Å²) >= 11 is 6.20. The summed E-state index contributed by atoms with van der Waals surface area (Å²) in [4.78, 5) is 8.90.